The third kappa shape index (κ3) is 3.89. The van der Waals surface area contributed by atoms with Gasteiger partial charge in [-0.3, -0.25) is 19.0 Å². The molecule has 0 bridgehead atoms. The van der Waals surface area contributed by atoms with Crippen LogP contribution in [0.15, 0.2) is 59.7 Å². The summed E-state index contributed by atoms with van der Waals surface area (Å²) in [6.07, 6.45) is 1.64. The lowest BCUT2D eigenvalue weighted by Crippen LogP contribution is -2.36. The van der Waals surface area contributed by atoms with Crippen molar-refractivity contribution in [3.63, 3.8) is 0 Å². The van der Waals surface area contributed by atoms with Gasteiger partial charge in [-0.05, 0) is 24.3 Å². The summed E-state index contributed by atoms with van der Waals surface area (Å²) in [4.78, 5) is 43.3. The Morgan fingerprint density at radius 3 is 2.87 bits per heavy atom. The molecule has 2 heterocycles. The predicted octanol–water partition coefficient (Wildman–Crippen LogP) is 1.57. The highest BCUT2D eigenvalue weighted by Crippen LogP contribution is 2.27. The van der Waals surface area contributed by atoms with Crippen LogP contribution < -0.4 is 20.5 Å². The molecule has 0 unspecified atom stereocenters. The molecule has 30 heavy (non-hydrogen) atoms. The standard InChI is InChI=1S/C22H22N4O4/c1-30-17-6-4-5-16(12-17)26-13-15(11-20(26)27)21(28)23-9-10-25-14-24-19-8-3-2-7-18(19)22(25)29/h2-8,12,14-15H,9-11,13H2,1H3,(H,23,28)/t15-/m1/s1. The first-order chi connectivity index (χ1) is 14.6. The zero-order valence-electron chi connectivity index (χ0n) is 16.6. The van der Waals surface area contributed by atoms with Crippen molar-refractivity contribution in [2.75, 3.05) is 25.1 Å². The van der Waals surface area contributed by atoms with Gasteiger partial charge in [-0.25, -0.2) is 4.98 Å². The third-order valence-electron chi connectivity index (χ3n) is 5.24. The summed E-state index contributed by atoms with van der Waals surface area (Å²) in [6.45, 7) is 0.903. The van der Waals surface area contributed by atoms with Gasteiger partial charge in [-0.1, -0.05) is 18.2 Å². The van der Waals surface area contributed by atoms with E-state index in [0.717, 1.165) is 0 Å². The van der Waals surface area contributed by atoms with Crippen molar-refractivity contribution in [3.8, 4) is 5.75 Å². The number of amides is 2. The SMILES string of the molecule is COc1cccc(N2C[C@H](C(=O)NCCn3cnc4ccccc4c3=O)CC2=O)c1. The molecule has 1 aliphatic heterocycles. The van der Waals surface area contributed by atoms with Gasteiger partial charge in [0.05, 0.1) is 30.3 Å². The molecule has 2 amide bonds. The van der Waals surface area contributed by atoms with Gasteiger partial charge in [-0.15, -0.1) is 0 Å². The molecule has 0 saturated carbocycles. The number of hydrogen-bond donors (Lipinski definition) is 1. The van der Waals surface area contributed by atoms with Crippen molar-refractivity contribution < 1.29 is 14.3 Å². The quantitative estimate of drug-likeness (QED) is 0.671. The summed E-state index contributed by atoms with van der Waals surface area (Å²) in [5.41, 5.74) is 1.21. The minimum Gasteiger partial charge on any atom is -0.497 e. The maximum atomic E-state index is 12.6. The highest BCUT2D eigenvalue weighted by atomic mass is 16.5. The Morgan fingerprint density at radius 1 is 1.20 bits per heavy atom. The zero-order valence-corrected chi connectivity index (χ0v) is 16.6. The molecule has 0 aliphatic carbocycles. The van der Waals surface area contributed by atoms with Crippen molar-refractivity contribution in [2.45, 2.75) is 13.0 Å². The van der Waals surface area contributed by atoms with E-state index in [1.54, 1.807) is 42.3 Å². The number of nitrogens with zero attached hydrogens (tertiary/aromatic N) is 3. The van der Waals surface area contributed by atoms with E-state index in [1.807, 2.05) is 18.2 Å². The van der Waals surface area contributed by atoms with Crippen molar-refractivity contribution in [2.24, 2.45) is 5.92 Å². The van der Waals surface area contributed by atoms with Gasteiger partial charge in [0.1, 0.15) is 5.75 Å². The van der Waals surface area contributed by atoms with Gasteiger partial charge in [0, 0.05) is 37.8 Å². The number of methoxy groups -OCH3 is 1. The van der Waals surface area contributed by atoms with Gasteiger partial charge in [-0.2, -0.15) is 0 Å². The molecule has 3 aromatic rings. The van der Waals surface area contributed by atoms with Crippen LogP contribution in [0.4, 0.5) is 5.69 Å². The lowest BCUT2D eigenvalue weighted by atomic mass is 10.1. The number of anilines is 1. The number of fused-ring (bicyclic) bond motifs is 1. The Labute approximate surface area is 173 Å². The van der Waals surface area contributed by atoms with Crippen molar-refractivity contribution in [1.82, 2.24) is 14.9 Å². The number of benzene rings is 2. The smallest absolute Gasteiger partial charge is 0.261 e. The van der Waals surface area contributed by atoms with Crippen LogP contribution in [0.5, 0.6) is 5.75 Å². The molecule has 1 fully saturated rings. The third-order valence-corrected chi connectivity index (χ3v) is 5.24. The van der Waals surface area contributed by atoms with Crippen LogP contribution in [0.3, 0.4) is 0 Å². The Hall–Kier alpha value is -3.68. The highest BCUT2D eigenvalue weighted by Gasteiger charge is 2.35. The average molecular weight is 406 g/mol. The van der Waals surface area contributed by atoms with Crippen LogP contribution in [0.2, 0.25) is 0 Å². The number of hydrogen-bond acceptors (Lipinski definition) is 5. The molecule has 2 aromatic carbocycles. The Kier molecular flexibility index (Phi) is 5.47. The number of ether oxygens (including phenoxy) is 1. The van der Waals surface area contributed by atoms with E-state index in [0.29, 0.717) is 35.4 Å². The number of rotatable bonds is 6. The highest BCUT2D eigenvalue weighted by molar-refractivity contribution is 6.00. The lowest BCUT2D eigenvalue weighted by molar-refractivity contribution is -0.126. The number of carbonyl (C=O) groups excluding carboxylic acids is 2. The Bertz CT molecular complexity index is 1160. The van der Waals surface area contributed by atoms with E-state index < -0.39 is 5.92 Å². The minimum absolute atomic E-state index is 0.0987. The first kappa shape index (κ1) is 19.6. The summed E-state index contributed by atoms with van der Waals surface area (Å²) in [7, 11) is 1.57. The molecule has 154 valence electrons. The fraction of sp³-hybridized carbons (Fsp3) is 0.273. The minimum atomic E-state index is -0.435. The summed E-state index contributed by atoms with van der Waals surface area (Å²) in [5.74, 6) is -0.0771. The molecule has 0 radical (unpaired) electrons. The van der Waals surface area contributed by atoms with Gasteiger partial charge in [0.15, 0.2) is 0 Å². The summed E-state index contributed by atoms with van der Waals surface area (Å²) in [5, 5.41) is 3.38. The second kappa shape index (κ2) is 8.36. The average Bonchev–Trinajstić information content (AvgIpc) is 3.17. The topological polar surface area (TPSA) is 93.5 Å². The van der Waals surface area contributed by atoms with E-state index in [1.165, 1.54) is 10.9 Å². The van der Waals surface area contributed by atoms with Crippen LogP contribution in [0, 0.1) is 5.92 Å². The number of carbonyl (C=O) groups is 2. The van der Waals surface area contributed by atoms with Crippen molar-refractivity contribution >= 4 is 28.4 Å². The maximum absolute atomic E-state index is 12.6. The van der Waals surface area contributed by atoms with Crippen LogP contribution in [-0.2, 0) is 16.1 Å². The molecular weight excluding hydrogens is 384 g/mol. The van der Waals surface area contributed by atoms with Gasteiger partial charge in [0.2, 0.25) is 11.8 Å². The van der Waals surface area contributed by atoms with Gasteiger partial charge in [0.25, 0.3) is 5.56 Å². The monoisotopic (exact) mass is 406 g/mol. The summed E-state index contributed by atoms with van der Waals surface area (Å²) in [6, 6.07) is 14.4. The summed E-state index contributed by atoms with van der Waals surface area (Å²) < 4.78 is 6.68. The molecule has 1 atom stereocenters. The van der Waals surface area contributed by atoms with E-state index in [2.05, 4.69) is 10.3 Å². The van der Waals surface area contributed by atoms with Crippen LogP contribution in [0.25, 0.3) is 10.9 Å². The Balaban J connectivity index is 1.36. The largest absolute Gasteiger partial charge is 0.497 e. The molecule has 4 rings (SSSR count). The predicted molar refractivity (Wildman–Crippen MR) is 112 cm³/mol. The van der Waals surface area contributed by atoms with Gasteiger partial charge >= 0.3 is 0 Å². The van der Waals surface area contributed by atoms with Crippen LogP contribution in [0.1, 0.15) is 6.42 Å². The molecule has 1 saturated heterocycles. The molecule has 1 N–H and O–H groups in total. The fourth-order valence-electron chi connectivity index (χ4n) is 3.62. The molecular formula is C22H22N4O4. The van der Waals surface area contributed by atoms with E-state index in [-0.39, 0.29) is 30.3 Å². The second-order valence-corrected chi connectivity index (χ2v) is 7.16. The number of para-hydroxylation sites is 1. The van der Waals surface area contributed by atoms with Crippen molar-refractivity contribution in [3.05, 3.63) is 65.2 Å². The Morgan fingerprint density at radius 2 is 2.03 bits per heavy atom. The number of aromatic nitrogens is 2. The van der Waals surface area contributed by atoms with E-state index in [9.17, 15) is 14.4 Å². The molecule has 0 spiro atoms. The van der Waals surface area contributed by atoms with E-state index in [4.69, 9.17) is 4.74 Å². The molecule has 8 heteroatoms. The molecule has 1 aliphatic rings. The second-order valence-electron chi connectivity index (χ2n) is 7.16. The lowest BCUT2D eigenvalue weighted by Gasteiger charge is -2.17. The number of nitrogens with one attached hydrogen (secondary N) is 1. The van der Waals surface area contributed by atoms with E-state index >= 15 is 0 Å². The summed E-state index contributed by atoms with van der Waals surface area (Å²) >= 11 is 0. The normalized spacial score (nSPS) is 16.1. The van der Waals surface area contributed by atoms with Crippen molar-refractivity contribution in [1.29, 1.82) is 0 Å². The first-order valence-corrected chi connectivity index (χ1v) is 9.73. The molecule has 1 aromatic heterocycles. The van der Waals surface area contributed by atoms with Crippen LogP contribution in [-0.4, -0.2) is 41.6 Å². The first-order valence-electron chi connectivity index (χ1n) is 9.73. The fourth-order valence-corrected chi connectivity index (χ4v) is 3.62. The molecule has 8 nitrogen and oxygen atoms in total. The van der Waals surface area contributed by atoms with Gasteiger partial charge < -0.3 is 15.0 Å². The zero-order chi connectivity index (χ0) is 21.1. The van der Waals surface area contributed by atoms with Crippen LogP contribution >= 0.6 is 0 Å². The maximum Gasteiger partial charge on any atom is 0.261 e.